The summed E-state index contributed by atoms with van der Waals surface area (Å²) in [6, 6.07) is 15.7. The largest absolute Gasteiger partial charge is 0.458 e. The van der Waals surface area contributed by atoms with Gasteiger partial charge in [-0.2, -0.15) is 8.42 Å². The predicted molar refractivity (Wildman–Crippen MR) is 109 cm³/mol. The van der Waals surface area contributed by atoms with E-state index in [9.17, 15) is 13.2 Å². The zero-order chi connectivity index (χ0) is 20.8. The Balaban J connectivity index is 2.15. The highest BCUT2D eigenvalue weighted by Crippen LogP contribution is 2.25. The third-order valence-electron chi connectivity index (χ3n) is 3.79. The lowest BCUT2D eigenvalue weighted by atomic mass is 10.1. The Kier molecular flexibility index (Phi) is 7.63. The van der Waals surface area contributed by atoms with Crippen LogP contribution in [0.3, 0.4) is 0 Å². The van der Waals surface area contributed by atoms with Gasteiger partial charge in [0.1, 0.15) is 10.5 Å². The molecule has 7 heteroatoms. The molecule has 0 aromatic heterocycles. The molecule has 0 heterocycles. The molecule has 2 aromatic carbocycles. The van der Waals surface area contributed by atoms with Crippen molar-refractivity contribution in [3.63, 3.8) is 0 Å². The highest BCUT2D eigenvalue weighted by atomic mass is 35.5. The van der Waals surface area contributed by atoms with Gasteiger partial charge in [0.15, 0.2) is 6.10 Å². The van der Waals surface area contributed by atoms with Crippen LogP contribution in [-0.2, 0) is 30.3 Å². The number of esters is 1. The highest BCUT2D eigenvalue weighted by Gasteiger charge is 2.32. The van der Waals surface area contributed by atoms with Gasteiger partial charge in [-0.1, -0.05) is 54.1 Å². The van der Waals surface area contributed by atoms with Gasteiger partial charge in [0.05, 0.1) is 5.02 Å². The van der Waals surface area contributed by atoms with Crippen LogP contribution in [0.1, 0.15) is 39.2 Å². The SMILES string of the molecule is CC(C)(C)OC(=O)[C@@H](CCCc1ccccc1)OS(=O)(=O)c1ccccc1Cl. The zero-order valence-corrected chi connectivity index (χ0v) is 17.8. The molecule has 0 saturated carbocycles. The molecule has 28 heavy (non-hydrogen) atoms. The maximum atomic E-state index is 12.7. The van der Waals surface area contributed by atoms with E-state index >= 15 is 0 Å². The Bertz CT molecular complexity index is 889. The van der Waals surface area contributed by atoms with Crippen LogP contribution in [0.15, 0.2) is 59.5 Å². The number of carbonyl (C=O) groups excluding carboxylic acids is 1. The number of hydrogen-bond donors (Lipinski definition) is 0. The second-order valence-electron chi connectivity index (χ2n) is 7.38. The Labute approximate surface area is 171 Å². The summed E-state index contributed by atoms with van der Waals surface area (Å²) in [4.78, 5) is 12.4. The molecule has 0 radical (unpaired) electrons. The van der Waals surface area contributed by atoms with Gasteiger partial charge >= 0.3 is 5.97 Å². The van der Waals surface area contributed by atoms with Crippen molar-refractivity contribution < 1.29 is 22.1 Å². The first-order valence-corrected chi connectivity index (χ1v) is 10.8. The number of halogens is 1. The van der Waals surface area contributed by atoms with Crippen LogP contribution in [0.4, 0.5) is 0 Å². The number of rotatable bonds is 8. The molecule has 0 spiro atoms. The molecule has 152 valence electrons. The molecule has 0 fully saturated rings. The van der Waals surface area contributed by atoms with Crippen LogP contribution < -0.4 is 0 Å². The minimum atomic E-state index is -4.22. The Morgan fingerprint density at radius 2 is 1.64 bits per heavy atom. The van der Waals surface area contributed by atoms with Crippen molar-refractivity contribution in [2.24, 2.45) is 0 Å². The van der Waals surface area contributed by atoms with Crippen LogP contribution in [-0.4, -0.2) is 26.1 Å². The Morgan fingerprint density at radius 3 is 2.25 bits per heavy atom. The number of benzene rings is 2. The lowest BCUT2D eigenvalue weighted by Gasteiger charge is -2.24. The van der Waals surface area contributed by atoms with Gasteiger partial charge in [0, 0.05) is 0 Å². The Morgan fingerprint density at radius 1 is 1.04 bits per heavy atom. The maximum absolute atomic E-state index is 12.7. The van der Waals surface area contributed by atoms with Gasteiger partial charge in [0.25, 0.3) is 10.1 Å². The summed E-state index contributed by atoms with van der Waals surface area (Å²) in [6.45, 7) is 5.15. The summed E-state index contributed by atoms with van der Waals surface area (Å²) >= 11 is 5.99. The fraction of sp³-hybridized carbons (Fsp3) is 0.381. The van der Waals surface area contributed by atoms with E-state index in [1.54, 1.807) is 32.9 Å². The first-order valence-electron chi connectivity index (χ1n) is 9.03. The topological polar surface area (TPSA) is 69.7 Å². The highest BCUT2D eigenvalue weighted by molar-refractivity contribution is 7.87. The van der Waals surface area contributed by atoms with E-state index in [2.05, 4.69) is 0 Å². The molecular formula is C21H25ClO5S. The van der Waals surface area contributed by atoms with Crippen molar-refractivity contribution in [2.45, 2.75) is 56.6 Å². The molecule has 0 aliphatic carbocycles. The number of ether oxygens (including phenoxy) is 1. The van der Waals surface area contributed by atoms with Gasteiger partial charge in [0.2, 0.25) is 0 Å². The van der Waals surface area contributed by atoms with Crippen molar-refractivity contribution in [3.8, 4) is 0 Å². The predicted octanol–water partition coefficient (Wildman–Crippen LogP) is 4.78. The van der Waals surface area contributed by atoms with Gasteiger partial charge in [-0.3, -0.25) is 4.18 Å². The monoisotopic (exact) mass is 424 g/mol. The standard InChI is InChI=1S/C21H25ClO5S/c1-21(2,3)26-20(23)18(14-9-12-16-10-5-4-6-11-16)27-28(24,25)19-15-8-7-13-17(19)22/h4-8,10-11,13,15,18H,9,12,14H2,1-3H3/t18-/m1/s1. The van der Waals surface area contributed by atoms with E-state index < -0.39 is 27.8 Å². The van der Waals surface area contributed by atoms with Crippen LogP contribution in [0.2, 0.25) is 5.02 Å². The minimum Gasteiger partial charge on any atom is -0.458 e. The molecule has 0 saturated heterocycles. The normalized spacial score (nSPS) is 13.1. The average molecular weight is 425 g/mol. The fourth-order valence-corrected chi connectivity index (χ4v) is 4.12. The van der Waals surface area contributed by atoms with E-state index in [1.165, 1.54) is 12.1 Å². The molecule has 0 unspecified atom stereocenters. The lowest BCUT2D eigenvalue weighted by molar-refractivity contribution is -0.163. The molecule has 0 aliphatic rings. The lowest BCUT2D eigenvalue weighted by Crippen LogP contribution is -2.35. The smallest absolute Gasteiger partial charge is 0.337 e. The molecular weight excluding hydrogens is 400 g/mol. The summed E-state index contributed by atoms with van der Waals surface area (Å²) in [7, 11) is -4.22. The van der Waals surface area contributed by atoms with Gasteiger partial charge < -0.3 is 4.74 Å². The van der Waals surface area contributed by atoms with Gasteiger partial charge in [-0.25, -0.2) is 4.79 Å². The van der Waals surface area contributed by atoms with Crippen LogP contribution in [0.25, 0.3) is 0 Å². The molecule has 5 nitrogen and oxygen atoms in total. The van der Waals surface area contributed by atoms with Crippen LogP contribution >= 0.6 is 11.6 Å². The number of aryl methyl sites for hydroxylation is 1. The van der Waals surface area contributed by atoms with Crippen molar-refractivity contribution >= 4 is 27.7 Å². The maximum Gasteiger partial charge on any atom is 0.337 e. The van der Waals surface area contributed by atoms with E-state index in [1.807, 2.05) is 30.3 Å². The fourth-order valence-electron chi connectivity index (χ4n) is 2.56. The van der Waals surface area contributed by atoms with Crippen molar-refractivity contribution in [3.05, 3.63) is 65.2 Å². The zero-order valence-electron chi connectivity index (χ0n) is 16.2. The first-order chi connectivity index (χ1) is 13.1. The first kappa shape index (κ1) is 22.4. The number of hydrogen-bond acceptors (Lipinski definition) is 5. The van der Waals surface area contributed by atoms with Crippen molar-refractivity contribution in [2.75, 3.05) is 0 Å². The summed E-state index contributed by atoms with van der Waals surface area (Å²) in [6.07, 6.45) is 0.207. The third kappa shape index (κ3) is 6.93. The van der Waals surface area contributed by atoms with Gasteiger partial charge in [-0.05, 0) is 57.7 Å². The minimum absolute atomic E-state index is 0.0368. The van der Waals surface area contributed by atoms with E-state index in [0.29, 0.717) is 12.8 Å². The van der Waals surface area contributed by atoms with Crippen molar-refractivity contribution in [1.82, 2.24) is 0 Å². The summed E-state index contributed by atoms with van der Waals surface area (Å²) < 4.78 is 35.9. The number of carbonyl (C=O) groups is 1. The second kappa shape index (κ2) is 9.54. The molecule has 0 bridgehead atoms. The van der Waals surface area contributed by atoms with E-state index in [4.69, 9.17) is 20.5 Å². The van der Waals surface area contributed by atoms with E-state index in [-0.39, 0.29) is 16.3 Å². The molecule has 0 N–H and O–H groups in total. The third-order valence-corrected chi connectivity index (χ3v) is 5.62. The summed E-state index contributed by atoms with van der Waals surface area (Å²) in [5.41, 5.74) is 0.339. The second-order valence-corrected chi connectivity index (χ2v) is 9.33. The van der Waals surface area contributed by atoms with Gasteiger partial charge in [-0.15, -0.1) is 0 Å². The summed E-state index contributed by atoms with van der Waals surface area (Å²) in [5.74, 6) is -0.712. The summed E-state index contributed by atoms with van der Waals surface area (Å²) in [5, 5.41) is 0.0368. The average Bonchev–Trinajstić information content (AvgIpc) is 2.60. The molecule has 1 atom stereocenters. The van der Waals surface area contributed by atoms with Crippen molar-refractivity contribution in [1.29, 1.82) is 0 Å². The van der Waals surface area contributed by atoms with Crippen LogP contribution in [0, 0.1) is 0 Å². The van der Waals surface area contributed by atoms with E-state index in [0.717, 1.165) is 5.56 Å². The Hall–Kier alpha value is -1.89. The molecule has 2 aromatic rings. The molecule has 0 amide bonds. The quantitative estimate of drug-likeness (QED) is 0.450. The molecule has 0 aliphatic heterocycles. The molecule has 2 rings (SSSR count). The van der Waals surface area contributed by atoms with Crippen LogP contribution in [0.5, 0.6) is 0 Å².